The fourth-order valence-electron chi connectivity index (χ4n) is 6.77. The minimum atomic E-state index is -0.609. The van der Waals surface area contributed by atoms with E-state index in [2.05, 4.69) is 11.4 Å². The number of hydrogen-bond acceptors (Lipinski definition) is 3. The standard InChI is InChI=1S/C25H34N2O3/c1-25(2,3)30-24(29)27-9-8-17-6-4-5-7-20(17)22(27)23(28)26-21-18-11-15-10-16(13-18)14-19(21)12-15/h4-7,15-16,18-19,21-22H,8-14H2,1-3H3,(H,26,28). The summed E-state index contributed by atoms with van der Waals surface area (Å²) in [5.74, 6) is 2.92. The molecule has 4 bridgehead atoms. The second-order valence-electron chi connectivity index (χ2n) is 11.0. The third kappa shape index (κ3) is 3.61. The Hall–Kier alpha value is -2.04. The SMILES string of the molecule is CC(C)(C)OC(=O)N1CCc2ccccc2C1C(=O)NC1C2CC3CC(C2)CC1C3. The smallest absolute Gasteiger partial charge is 0.411 e. The van der Waals surface area contributed by atoms with Gasteiger partial charge >= 0.3 is 6.09 Å². The molecule has 6 rings (SSSR count). The van der Waals surface area contributed by atoms with Crippen LogP contribution in [0.4, 0.5) is 4.79 Å². The highest BCUT2D eigenvalue weighted by Crippen LogP contribution is 2.53. The zero-order chi connectivity index (χ0) is 21.0. The predicted molar refractivity (Wildman–Crippen MR) is 115 cm³/mol. The lowest BCUT2D eigenvalue weighted by Gasteiger charge is -2.54. The van der Waals surface area contributed by atoms with Crippen LogP contribution in [0.15, 0.2) is 24.3 Å². The third-order valence-corrected chi connectivity index (χ3v) is 7.70. The first-order valence-corrected chi connectivity index (χ1v) is 11.7. The van der Waals surface area contributed by atoms with Crippen LogP contribution in [-0.2, 0) is 16.0 Å². The van der Waals surface area contributed by atoms with Crippen LogP contribution < -0.4 is 5.32 Å². The maximum Gasteiger partial charge on any atom is 0.411 e. The lowest BCUT2D eigenvalue weighted by atomic mass is 9.54. The van der Waals surface area contributed by atoms with E-state index in [0.29, 0.717) is 18.4 Å². The van der Waals surface area contributed by atoms with Crippen LogP contribution in [0.3, 0.4) is 0 Å². The van der Waals surface area contributed by atoms with Crippen molar-refractivity contribution < 1.29 is 14.3 Å². The summed E-state index contributed by atoms with van der Waals surface area (Å²) >= 11 is 0. The van der Waals surface area contributed by atoms with Gasteiger partial charge in [-0.3, -0.25) is 9.69 Å². The van der Waals surface area contributed by atoms with Crippen LogP contribution in [0.5, 0.6) is 0 Å². The van der Waals surface area contributed by atoms with Crippen LogP contribution in [0.2, 0.25) is 0 Å². The number of nitrogens with zero attached hydrogens (tertiary/aromatic N) is 1. The molecule has 4 fully saturated rings. The normalized spacial score (nSPS) is 34.4. The molecule has 0 radical (unpaired) electrons. The van der Waals surface area contributed by atoms with E-state index in [-0.39, 0.29) is 11.9 Å². The molecule has 30 heavy (non-hydrogen) atoms. The molecular weight excluding hydrogens is 376 g/mol. The number of nitrogens with one attached hydrogen (secondary N) is 1. The number of carbonyl (C=O) groups is 2. The molecule has 1 aromatic carbocycles. The predicted octanol–water partition coefficient (Wildman–Crippen LogP) is 4.46. The second-order valence-corrected chi connectivity index (χ2v) is 11.0. The molecule has 0 saturated heterocycles. The van der Waals surface area contributed by atoms with Crippen LogP contribution in [0.25, 0.3) is 0 Å². The Labute approximate surface area is 179 Å². The monoisotopic (exact) mass is 410 g/mol. The fourth-order valence-corrected chi connectivity index (χ4v) is 6.77. The van der Waals surface area contributed by atoms with Gasteiger partial charge in [0.25, 0.3) is 0 Å². The van der Waals surface area contributed by atoms with Gasteiger partial charge in [0.05, 0.1) is 0 Å². The fraction of sp³-hybridized carbons (Fsp3) is 0.680. The van der Waals surface area contributed by atoms with Crippen molar-refractivity contribution in [3.05, 3.63) is 35.4 Å². The molecule has 1 aromatic rings. The minimum absolute atomic E-state index is 0.0366. The van der Waals surface area contributed by atoms with E-state index in [0.717, 1.165) is 29.4 Å². The Morgan fingerprint density at radius 1 is 1.00 bits per heavy atom. The molecule has 5 aliphatic rings. The number of carbonyl (C=O) groups excluding carboxylic acids is 2. The van der Waals surface area contributed by atoms with Crippen molar-refractivity contribution in [1.29, 1.82) is 0 Å². The largest absolute Gasteiger partial charge is 0.444 e. The zero-order valence-electron chi connectivity index (χ0n) is 18.4. The van der Waals surface area contributed by atoms with E-state index in [9.17, 15) is 9.59 Å². The first-order chi connectivity index (χ1) is 14.3. The summed E-state index contributed by atoms with van der Waals surface area (Å²) in [5.41, 5.74) is 1.51. The summed E-state index contributed by atoms with van der Waals surface area (Å²) < 4.78 is 5.66. The Morgan fingerprint density at radius 3 is 2.27 bits per heavy atom. The molecule has 1 unspecified atom stereocenters. The molecule has 1 N–H and O–H groups in total. The summed E-state index contributed by atoms with van der Waals surface area (Å²) in [6, 6.07) is 7.69. The average Bonchev–Trinajstić information content (AvgIpc) is 2.67. The van der Waals surface area contributed by atoms with Crippen molar-refractivity contribution in [1.82, 2.24) is 10.2 Å². The Morgan fingerprint density at radius 2 is 1.63 bits per heavy atom. The molecule has 1 heterocycles. The van der Waals surface area contributed by atoms with Gasteiger partial charge in [-0.2, -0.15) is 0 Å². The Bertz CT molecular complexity index is 815. The van der Waals surface area contributed by atoms with Crippen LogP contribution in [0, 0.1) is 23.7 Å². The molecule has 0 spiro atoms. The zero-order valence-corrected chi connectivity index (χ0v) is 18.4. The average molecular weight is 411 g/mol. The lowest BCUT2D eigenvalue weighted by molar-refractivity contribution is -0.131. The number of rotatable bonds is 2. The van der Waals surface area contributed by atoms with Crippen molar-refractivity contribution in [2.24, 2.45) is 23.7 Å². The third-order valence-electron chi connectivity index (χ3n) is 7.70. The summed E-state index contributed by atoms with van der Waals surface area (Å²) in [7, 11) is 0. The molecule has 2 amide bonds. The van der Waals surface area contributed by atoms with Crippen LogP contribution in [-0.4, -0.2) is 35.1 Å². The van der Waals surface area contributed by atoms with Gasteiger partial charge in [-0.1, -0.05) is 24.3 Å². The van der Waals surface area contributed by atoms with E-state index in [4.69, 9.17) is 4.74 Å². The summed E-state index contributed by atoms with van der Waals surface area (Å²) in [4.78, 5) is 28.3. The van der Waals surface area contributed by atoms with Crippen LogP contribution >= 0.6 is 0 Å². The van der Waals surface area contributed by atoms with Gasteiger partial charge in [0.1, 0.15) is 11.6 Å². The Kier molecular flexibility index (Phi) is 4.83. The van der Waals surface area contributed by atoms with Crippen LogP contribution in [0.1, 0.15) is 70.0 Å². The van der Waals surface area contributed by atoms with Crippen molar-refractivity contribution in [2.75, 3.05) is 6.54 Å². The van der Waals surface area contributed by atoms with Gasteiger partial charge in [-0.15, -0.1) is 0 Å². The van der Waals surface area contributed by atoms with E-state index in [1.165, 1.54) is 32.1 Å². The summed E-state index contributed by atoms with van der Waals surface area (Å²) in [6.45, 7) is 6.11. The van der Waals surface area contributed by atoms with E-state index >= 15 is 0 Å². The number of fused-ring (bicyclic) bond motifs is 1. The maximum absolute atomic E-state index is 13.7. The van der Waals surface area contributed by atoms with E-state index < -0.39 is 17.7 Å². The quantitative estimate of drug-likeness (QED) is 0.783. The minimum Gasteiger partial charge on any atom is -0.444 e. The molecule has 0 aromatic heterocycles. The number of hydrogen-bond donors (Lipinski definition) is 1. The van der Waals surface area contributed by atoms with Gasteiger partial charge in [-0.25, -0.2) is 4.79 Å². The molecule has 1 aliphatic heterocycles. The highest BCUT2D eigenvalue weighted by molar-refractivity contribution is 5.88. The molecule has 4 aliphatic carbocycles. The van der Waals surface area contributed by atoms with Gasteiger partial charge in [0.15, 0.2) is 0 Å². The van der Waals surface area contributed by atoms with Gasteiger partial charge < -0.3 is 10.1 Å². The molecule has 4 saturated carbocycles. The van der Waals surface area contributed by atoms with Crippen molar-refractivity contribution in [3.63, 3.8) is 0 Å². The maximum atomic E-state index is 13.7. The van der Waals surface area contributed by atoms with Gasteiger partial charge in [0.2, 0.25) is 5.91 Å². The molecule has 1 atom stereocenters. The second kappa shape index (κ2) is 7.28. The highest BCUT2D eigenvalue weighted by atomic mass is 16.6. The molecule has 5 heteroatoms. The van der Waals surface area contributed by atoms with Gasteiger partial charge in [-0.05, 0) is 94.1 Å². The van der Waals surface area contributed by atoms with Crippen molar-refractivity contribution >= 4 is 12.0 Å². The van der Waals surface area contributed by atoms with E-state index in [1.54, 1.807) is 4.90 Å². The number of ether oxygens (including phenoxy) is 1. The molecule has 162 valence electrons. The van der Waals surface area contributed by atoms with Crippen molar-refractivity contribution in [2.45, 2.75) is 77.0 Å². The first-order valence-electron chi connectivity index (χ1n) is 11.7. The van der Waals surface area contributed by atoms with Crippen molar-refractivity contribution in [3.8, 4) is 0 Å². The number of amides is 2. The van der Waals surface area contributed by atoms with Gasteiger partial charge in [0, 0.05) is 12.6 Å². The molecule has 5 nitrogen and oxygen atoms in total. The topological polar surface area (TPSA) is 58.6 Å². The summed E-state index contributed by atoms with van der Waals surface area (Å²) in [5, 5.41) is 3.43. The highest BCUT2D eigenvalue weighted by Gasteiger charge is 2.49. The first kappa shape index (κ1) is 19.9. The summed E-state index contributed by atoms with van der Waals surface area (Å²) in [6.07, 6.45) is 6.78. The van der Waals surface area contributed by atoms with E-state index in [1.807, 2.05) is 39.0 Å². The molecular formula is C25H34N2O3. The Balaban J connectivity index is 1.40. The number of benzene rings is 1. The lowest BCUT2D eigenvalue weighted by Crippen LogP contribution is -2.58.